The zero-order chi connectivity index (χ0) is 28.5. The Kier molecular flexibility index (Phi) is 6.10. The van der Waals surface area contributed by atoms with Crippen molar-refractivity contribution in [2.75, 3.05) is 7.05 Å². The van der Waals surface area contributed by atoms with Crippen molar-refractivity contribution in [3.05, 3.63) is 75.4 Å². The van der Waals surface area contributed by atoms with Crippen molar-refractivity contribution < 1.29 is 17.6 Å². The molecule has 0 aliphatic heterocycles. The molecule has 3 aliphatic carbocycles. The third-order valence-corrected chi connectivity index (χ3v) is 11.2. The van der Waals surface area contributed by atoms with Gasteiger partial charge in [0.15, 0.2) is 5.01 Å². The first kappa shape index (κ1) is 26.4. The molecule has 10 nitrogen and oxygen atoms in total. The highest BCUT2D eigenvalue weighted by Gasteiger charge is 2.52. The van der Waals surface area contributed by atoms with Crippen LogP contribution in [0.2, 0.25) is 0 Å². The second kappa shape index (κ2) is 9.50. The summed E-state index contributed by atoms with van der Waals surface area (Å²) in [6.07, 6.45) is 8.97. The zero-order valence-electron chi connectivity index (χ0n) is 22.6. The molecular formula is C28H28FN7O3S2. The lowest BCUT2D eigenvalue weighted by Gasteiger charge is -2.45. The Labute approximate surface area is 240 Å². The first-order valence-corrected chi connectivity index (χ1v) is 15.9. The van der Waals surface area contributed by atoms with Crippen LogP contribution < -0.4 is 0 Å². The molecule has 0 radical (unpaired) electrons. The summed E-state index contributed by atoms with van der Waals surface area (Å²) in [6, 6.07) is 5.70. The van der Waals surface area contributed by atoms with Crippen LogP contribution >= 0.6 is 11.3 Å². The number of rotatable bonds is 7. The van der Waals surface area contributed by atoms with Crippen molar-refractivity contribution in [1.29, 1.82) is 0 Å². The quantitative estimate of drug-likeness (QED) is 0.296. The average molecular weight is 594 g/mol. The molecule has 0 N–H and O–H groups in total. The number of thiazole rings is 1. The van der Waals surface area contributed by atoms with E-state index < -0.39 is 21.5 Å². The van der Waals surface area contributed by atoms with Gasteiger partial charge in [-0.25, -0.2) is 22.5 Å². The maximum atomic E-state index is 14.5. The van der Waals surface area contributed by atoms with E-state index in [2.05, 4.69) is 15.3 Å². The standard InChI is InChI=1S/C28H28FN7O3S2/c1-34(41(38,39)25-15-30-35(2)33-25)22-8-5-19-11-24-18(14-31-36(24)21-9-6-20(29)7-10-21)12-28(19,13-22)26(37)27-32-23(16-40-27)17-3-4-17/h6-7,9-11,14-17,22H,3-5,8,12-13H2,1-2H3/t22-,28-/m0/s1. The highest BCUT2D eigenvalue weighted by Crippen LogP contribution is 2.52. The number of ketones is 1. The largest absolute Gasteiger partial charge is 0.290 e. The minimum Gasteiger partial charge on any atom is -0.290 e. The molecule has 13 heteroatoms. The van der Waals surface area contributed by atoms with E-state index in [-0.39, 0.29) is 16.6 Å². The number of nitrogens with zero attached hydrogens (tertiary/aromatic N) is 7. The highest BCUT2D eigenvalue weighted by atomic mass is 32.2. The van der Waals surface area contributed by atoms with Gasteiger partial charge in [-0.15, -0.1) is 16.4 Å². The fourth-order valence-electron chi connectivity index (χ4n) is 6.13. The van der Waals surface area contributed by atoms with E-state index in [9.17, 15) is 17.6 Å². The third kappa shape index (κ3) is 4.37. The summed E-state index contributed by atoms with van der Waals surface area (Å²) >= 11 is 1.37. The number of carbonyl (C=O) groups is 1. The van der Waals surface area contributed by atoms with Crippen molar-refractivity contribution in [2.45, 2.75) is 55.5 Å². The molecular weight excluding hydrogens is 565 g/mol. The SMILES string of the molecule is CN([C@H]1CCC2=Cc3c(cnn3-c3ccc(F)cc3)C[C@]2(C(=O)c2nc(C3CC3)cs2)C1)S(=O)(=O)c1cnn(C)n1. The number of halogens is 1. The minimum absolute atomic E-state index is 0.0733. The van der Waals surface area contributed by atoms with Crippen LogP contribution in [0.1, 0.15) is 64.8 Å². The number of aryl methyl sites for hydroxylation is 1. The molecule has 3 aliphatic rings. The number of Topliss-reactive ketones (excluding diaryl/α,β-unsaturated/α-hetero) is 1. The van der Waals surface area contributed by atoms with E-state index in [1.54, 1.807) is 37.1 Å². The fourth-order valence-corrected chi connectivity index (χ4v) is 8.34. The summed E-state index contributed by atoms with van der Waals surface area (Å²) in [5.41, 5.74) is 3.41. The van der Waals surface area contributed by atoms with Crippen LogP contribution in [0.3, 0.4) is 0 Å². The molecule has 41 heavy (non-hydrogen) atoms. The third-order valence-electron chi connectivity index (χ3n) is 8.59. The summed E-state index contributed by atoms with van der Waals surface area (Å²) < 4.78 is 43.7. The van der Waals surface area contributed by atoms with Gasteiger partial charge in [0.1, 0.15) is 5.82 Å². The van der Waals surface area contributed by atoms with E-state index in [0.29, 0.717) is 36.6 Å². The number of sulfonamides is 1. The van der Waals surface area contributed by atoms with E-state index in [1.807, 2.05) is 11.5 Å². The van der Waals surface area contributed by atoms with Gasteiger partial charge in [0.05, 0.1) is 34.9 Å². The van der Waals surface area contributed by atoms with Gasteiger partial charge in [-0.05, 0) is 74.4 Å². The van der Waals surface area contributed by atoms with Gasteiger partial charge in [0.25, 0.3) is 10.0 Å². The molecule has 2 fully saturated rings. The lowest BCUT2D eigenvalue weighted by molar-refractivity contribution is 0.0752. The van der Waals surface area contributed by atoms with E-state index in [4.69, 9.17) is 4.98 Å². The molecule has 1 aromatic carbocycles. The van der Waals surface area contributed by atoms with Gasteiger partial charge < -0.3 is 0 Å². The van der Waals surface area contributed by atoms with Crippen molar-refractivity contribution in [1.82, 2.24) is 34.1 Å². The van der Waals surface area contributed by atoms with Crippen LogP contribution in [0.25, 0.3) is 11.8 Å². The van der Waals surface area contributed by atoms with Gasteiger partial charge in [0, 0.05) is 31.4 Å². The molecule has 0 unspecified atom stereocenters. The van der Waals surface area contributed by atoms with Crippen molar-refractivity contribution in [3.8, 4) is 5.69 Å². The Balaban J connectivity index is 1.29. The Morgan fingerprint density at radius 2 is 1.93 bits per heavy atom. The van der Waals surface area contributed by atoms with Crippen LogP contribution in [0, 0.1) is 11.2 Å². The number of carbonyl (C=O) groups excluding carboxylic acids is 1. The zero-order valence-corrected chi connectivity index (χ0v) is 24.2. The lowest BCUT2D eigenvalue weighted by Crippen LogP contribution is -2.49. The van der Waals surface area contributed by atoms with Crippen molar-refractivity contribution >= 4 is 33.2 Å². The minimum atomic E-state index is -3.92. The molecule has 0 spiro atoms. The van der Waals surface area contributed by atoms with Gasteiger partial charge in [-0.3, -0.25) is 4.79 Å². The molecule has 2 atom stereocenters. The second-order valence-electron chi connectivity index (χ2n) is 11.1. The predicted octanol–water partition coefficient (Wildman–Crippen LogP) is 4.16. The predicted molar refractivity (Wildman–Crippen MR) is 150 cm³/mol. The Hall–Kier alpha value is -3.55. The van der Waals surface area contributed by atoms with Crippen molar-refractivity contribution in [2.24, 2.45) is 12.5 Å². The highest BCUT2D eigenvalue weighted by molar-refractivity contribution is 7.89. The van der Waals surface area contributed by atoms with Gasteiger partial charge in [0.2, 0.25) is 10.8 Å². The Bertz CT molecular complexity index is 1800. The molecule has 2 saturated carbocycles. The van der Waals surface area contributed by atoms with E-state index in [1.165, 1.54) is 38.8 Å². The number of hydrogen-bond acceptors (Lipinski definition) is 8. The molecule has 7 rings (SSSR count). The monoisotopic (exact) mass is 593 g/mol. The normalized spacial score (nSPS) is 22.3. The van der Waals surface area contributed by atoms with Crippen LogP contribution in [0.4, 0.5) is 4.39 Å². The molecule has 212 valence electrons. The smallest absolute Gasteiger partial charge is 0.264 e. The first-order valence-electron chi connectivity index (χ1n) is 13.5. The molecule has 0 bridgehead atoms. The topological polar surface area (TPSA) is 116 Å². The average Bonchev–Trinajstić information content (AvgIpc) is 3.32. The summed E-state index contributed by atoms with van der Waals surface area (Å²) in [4.78, 5) is 20.4. The van der Waals surface area contributed by atoms with Crippen LogP contribution in [-0.2, 0) is 23.5 Å². The van der Waals surface area contributed by atoms with Crippen molar-refractivity contribution in [3.63, 3.8) is 0 Å². The maximum Gasteiger partial charge on any atom is 0.264 e. The molecule has 0 saturated heterocycles. The summed E-state index contributed by atoms with van der Waals surface area (Å²) in [5.74, 6) is 0.0241. The fraction of sp³-hybridized carbons (Fsp3) is 0.393. The van der Waals surface area contributed by atoms with Crippen LogP contribution in [0.15, 0.2) is 52.6 Å². The number of aromatic nitrogens is 6. The number of hydrogen-bond donors (Lipinski definition) is 0. The summed E-state index contributed by atoms with van der Waals surface area (Å²) in [7, 11) is -0.798. The van der Waals surface area contributed by atoms with E-state index in [0.717, 1.165) is 41.1 Å². The van der Waals surface area contributed by atoms with Crippen LogP contribution in [-0.4, -0.2) is 61.4 Å². The maximum absolute atomic E-state index is 14.5. The lowest BCUT2D eigenvalue weighted by atomic mass is 9.61. The summed E-state index contributed by atoms with van der Waals surface area (Å²) in [6.45, 7) is 0. The van der Waals surface area contributed by atoms with Gasteiger partial charge in [-0.1, -0.05) is 5.57 Å². The number of benzene rings is 1. The molecule has 0 amide bonds. The van der Waals surface area contributed by atoms with E-state index >= 15 is 0 Å². The number of fused-ring (bicyclic) bond motifs is 2. The first-order chi connectivity index (χ1) is 19.7. The Morgan fingerprint density at radius 3 is 2.63 bits per heavy atom. The number of allylic oxidation sites excluding steroid dienone is 1. The second-order valence-corrected chi connectivity index (χ2v) is 13.9. The molecule has 4 aromatic rings. The molecule has 3 heterocycles. The van der Waals surface area contributed by atoms with Gasteiger partial charge >= 0.3 is 0 Å². The van der Waals surface area contributed by atoms with Crippen LogP contribution in [0.5, 0.6) is 0 Å². The molecule has 3 aromatic heterocycles. The Morgan fingerprint density at radius 1 is 1.15 bits per heavy atom. The van der Waals surface area contributed by atoms with Gasteiger partial charge in [-0.2, -0.15) is 19.3 Å². The summed E-state index contributed by atoms with van der Waals surface area (Å²) in [5, 5.41) is 14.9.